The van der Waals surface area contributed by atoms with E-state index in [0.29, 0.717) is 16.9 Å². The summed E-state index contributed by atoms with van der Waals surface area (Å²) < 4.78 is 87.4. The zero-order chi connectivity index (χ0) is 30.6. The first-order chi connectivity index (χ1) is 19.1. The molecule has 18 heteroatoms. The standard InChI is InChI=1S/C23H32N4O11S3/c1-15-13-19(20(37-4)14-21(15)40(31,32)11-9-36-3)24-25-22-16(2)26-27(23(22)28)17-5-7-18(8-6-17)39(29,30)12-10-38-41(33,34)35/h5-8,13-14,26,29-32H,9-12H2,1-4H3,(H,33,34,35). The first kappa shape index (κ1) is 32.7. The van der Waals surface area contributed by atoms with Crippen LogP contribution in [0.5, 0.6) is 5.75 Å². The van der Waals surface area contributed by atoms with Crippen LogP contribution in [0.1, 0.15) is 11.3 Å². The molecule has 15 nitrogen and oxygen atoms in total. The predicted molar refractivity (Wildman–Crippen MR) is 154 cm³/mol. The molecule has 1 aromatic heterocycles. The molecule has 0 aliphatic rings. The number of nitrogens with one attached hydrogen (secondary N) is 1. The second-order valence-electron chi connectivity index (χ2n) is 8.69. The van der Waals surface area contributed by atoms with Crippen LogP contribution in [0.25, 0.3) is 5.69 Å². The van der Waals surface area contributed by atoms with Gasteiger partial charge in [0, 0.05) is 13.2 Å². The molecule has 41 heavy (non-hydrogen) atoms. The Bertz CT molecular complexity index is 1570. The van der Waals surface area contributed by atoms with E-state index in [-0.39, 0.29) is 39.3 Å². The number of aromatic nitrogens is 2. The van der Waals surface area contributed by atoms with Crippen LogP contribution in [0.4, 0.5) is 11.4 Å². The Morgan fingerprint density at radius 3 is 2.12 bits per heavy atom. The van der Waals surface area contributed by atoms with Crippen molar-refractivity contribution in [2.45, 2.75) is 23.6 Å². The van der Waals surface area contributed by atoms with Crippen molar-refractivity contribution < 1.29 is 44.8 Å². The van der Waals surface area contributed by atoms with Crippen LogP contribution >= 0.6 is 21.2 Å². The predicted octanol–water partition coefficient (Wildman–Crippen LogP) is 4.89. The van der Waals surface area contributed by atoms with E-state index in [2.05, 4.69) is 19.5 Å². The molecule has 0 atom stereocenters. The molecular weight excluding hydrogens is 604 g/mol. The largest absolute Gasteiger partial charge is 0.494 e. The Morgan fingerprint density at radius 2 is 1.54 bits per heavy atom. The van der Waals surface area contributed by atoms with Gasteiger partial charge in [0.05, 0.1) is 53.0 Å². The molecule has 6 N–H and O–H groups in total. The highest BCUT2D eigenvalue weighted by Crippen LogP contribution is 2.52. The molecular formula is C23H32N4O11S3. The smallest absolute Gasteiger partial charge is 0.397 e. The average Bonchev–Trinajstić information content (AvgIpc) is 3.18. The Morgan fingerprint density at radius 1 is 0.902 bits per heavy atom. The number of hydrogen-bond acceptors (Lipinski definition) is 12. The van der Waals surface area contributed by atoms with Gasteiger partial charge < -0.3 is 9.47 Å². The molecule has 0 aliphatic heterocycles. The van der Waals surface area contributed by atoms with Crippen molar-refractivity contribution in [3.63, 3.8) is 0 Å². The molecule has 0 aliphatic carbocycles. The number of H-pyrrole nitrogens is 1. The summed E-state index contributed by atoms with van der Waals surface area (Å²) in [5.74, 6) is -0.246. The zero-order valence-electron chi connectivity index (χ0n) is 22.5. The highest BCUT2D eigenvalue weighted by molar-refractivity contribution is 8.24. The van der Waals surface area contributed by atoms with Crippen LogP contribution < -0.4 is 10.3 Å². The summed E-state index contributed by atoms with van der Waals surface area (Å²) in [7, 11) is -8.44. The van der Waals surface area contributed by atoms with Gasteiger partial charge in [0.2, 0.25) is 0 Å². The minimum atomic E-state index is -4.72. The highest BCUT2D eigenvalue weighted by Gasteiger charge is 2.22. The van der Waals surface area contributed by atoms with Gasteiger partial charge >= 0.3 is 10.4 Å². The maximum absolute atomic E-state index is 13.1. The minimum absolute atomic E-state index is 0.00566. The van der Waals surface area contributed by atoms with Gasteiger partial charge in [0.1, 0.15) is 11.4 Å². The highest BCUT2D eigenvalue weighted by atomic mass is 32.3. The van der Waals surface area contributed by atoms with Crippen molar-refractivity contribution in [1.82, 2.24) is 9.78 Å². The van der Waals surface area contributed by atoms with E-state index in [9.17, 15) is 31.4 Å². The van der Waals surface area contributed by atoms with Crippen LogP contribution in [0.3, 0.4) is 0 Å². The van der Waals surface area contributed by atoms with Crippen molar-refractivity contribution >= 4 is 43.0 Å². The third kappa shape index (κ3) is 8.16. The summed E-state index contributed by atoms with van der Waals surface area (Å²) in [6.07, 6.45) is 0. The lowest BCUT2D eigenvalue weighted by Crippen LogP contribution is -2.15. The molecule has 0 saturated heterocycles. The van der Waals surface area contributed by atoms with Crippen LogP contribution in [-0.2, 0) is 19.3 Å². The molecule has 0 unspecified atom stereocenters. The number of rotatable bonds is 13. The molecule has 0 fully saturated rings. The number of nitrogens with zero attached hydrogens (tertiary/aromatic N) is 3. The summed E-state index contributed by atoms with van der Waals surface area (Å²) in [5, 5.41) is 11.1. The topological polar surface area (TPSA) is 225 Å². The van der Waals surface area contributed by atoms with Gasteiger partial charge in [-0.15, -0.1) is 10.2 Å². The Kier molecular flexibility index (Phi) is 10.4. The fourth-order valence-corrected chi connectivity index (χ4v) is 6.70. The molecule has 0 radical (unpaired) electrons. The van der Waals surface area contributed by atoms with Gasteiger partial charge in [0.15, 0.2) is 5.69 Å². The lowest BCUT2D eigenvalue weighted by molar-refractivity contribution is 0.215. The number of aromatic amines is 1. The number of ether oxygens (including phenoxy) is 2. The van der Waals surface area contributed by atoms with Gasteiger partial charge in [-0.1, -0.05) is 0 Å². The lowest BCUT2D eigenvalue weighted by Gasteiger charge is -2.33. The monoisotopic (exact) mass is 636 g/mol. The molecule has 228 valence electrons. The second kappa shape index (κ2) is 13.0. The summed E-state index contributed by atoms with van der Waals surface area (Å²) in [6, 6.07) is 8.63. The van der Waals surface area contributed by atoms with E-state index in [1.165, 1.54) is 49.2 Å². The van der Waals surface area contributed by atoms with Crippen molar-refractivity contribution in [3.8, 4) is 11.4 Å². The van der Waals surface area contributed by atoms with Crippen LogP contribution in [0.2, 0.25) is 0 Å². The van der Waals surface area contributed by atoms with Crippen LogP contribution in [0.15, 0.2) is 61.2 Å². The quantitative estimate of drug-likeness (QED) is 0.109. The number of benzene rings is 2. The van der Waals surface area contributed by atoms with Gasteiger partial charge in [-0.05, 0) is 49.7 Å². The van der Waals surface area contributed by atoms with E-state index in [1.54, 1.807) is 19.9 Å². The van der Waals surface area contributed by atoms with Gasteiger partial charge in [-0.3, -0.25) is 32.7 Å². The molecule has 1 heterocycles. The second-order valence-corrected chi connectivity index (χ2v) is 14.2. The first-order valence-electron chi connectivity index (χ1n) is 11.7. The van der Waals surface area contributed by atoms with Crippen molar-refractivity contribution in [1.29, 1.82) is 0 Å². The molecule has 3 aromatic rings. The van der Waals surface area contributed by atoms with E-state index < -0.39 is 49.5 Å². The normalized spacial score (nSPS) is 13.6. The fourth-order valence-electron chi connectivity index (χ4n) is 3.69. The van der Waals surface area contributed by atoms with Gasteiger partial charge in [0.25, 0.3) is 5.56 Å². The molecule has 2 aromatic carbocycles. The molecule has 0 saturated carbocycles. The Hall–Kier alpha value is -2.78. The Balaban J connectivity index is 1.86. The number of hydrogen-bond donors (Lipinski definition) is 6. The van der Waals surface area contributed by atoms with Crippen molar-refractivity contribution in [2.24, 2.45) is 10.2 Å². The zero-order valence-corrected chi connectivity index (χ0v) is 25.0. The maximum atomic E-state index is 13.1. The number of azo groups is 1. The van der Waals surface area contributed by atoms with Crippen LogP contribution in [0, 0.1) is 13.8 Å². The third-order valence-electron chi connectivity index (χ3n) is 5.77. The fraction of sp³-hybridized carbons (Fsp3) is 0.348. The van der Waals surface area contributed by atoms with E-state index >= 15 is 0 Å². The van der Waals surface area contributed by atoms with Gasteiger partial charge in [-0.25, -0.2) is 8.86 Å². The van der Waals surface area contributed by atoms with E-state index in [0.717, 1.165) is 0 Å². The molecule has 3 rings (SSSR count). The minimum Gasteiger partial charge on any atom is -0.494 e. The third-order valence-corrected chi connectivity index (χ3v) is 9.88. The first-order valence-corrected chi connectivity index (χ1v) is 16.5. The van der Waals surface area contributed by atoms with E-state index in [4.69, 9.17) is 14.0 Å². The van der Waals surface area contributed by atoms with Crippen molar-refractivity contribution in [3.05, 3.63) is 58.0 Å². The molecule has 0 bridgehead atoms. The number of methoxy groups -OCH3 is 2. The maximum Gasteiger partial charge on any atom is 0.397 e. The lowest BCUT2D eigenvalue weighted by atomic mass is 10.2. The van der Waals surface area contributed by atoms with Crippen LogP contribution in [-0.4, -0.2) is 79.9 Å². The molecule has 0 spiro atoms. The Labute approximate surface area is 239 Å². The van der Waals surface area contributed by atoms with Crippen molar-refractivity contribution in [2.75, 3.05) is 38.9 Å². The summed E-state index contributed by atoms with van der Waals surface area (Å²) >= 11 is 0. The molecule has 0 amide bonds. The van der Waals surface area contributed by atoms with Gasteiger partial charge in [-0.2, -0.15) is 29.6 Å². The SMILES string of the molecule is COCCS(O)(O)c1cc(OC)c(N=Nc2c(C)[nH]n(-c3ccc(S(O)(O)CCOS(=O)(=O)O)cc3)c2=O)cc1C. The summed E-state index contributed by atoms with van der Waals surface area (Å²) in [5.41, 5.74) is 0.966. The number of aryl methyl sites for hydroxylation is 2. The summed E-state index contributed by atoms with van der Waals surface area (Å²) in [4.78, 5) is 13.5. The average molecular weight is 637 g/mol. The summed E-state index contributed by atoms with van der Waals surface area (Å²) in [6.45, 7) is 2.81. The van der Waals surface area contributed by atoms with E-state index in [1.807, 2.05) is 0 Å².